The molecule has 1 unspecified atom stereocenters. The molecule has 2 heterocycles. The zero-order valence-corrected chi connectivity index (χ0v) is 14.3. The fourth-order valence-corrected chi connectivity index (χ4v) is 4.37. The van der Waals surface area contributed by atoms with Crippen LogP contribution in [0.15, 0.2) is 42.6 Å². The summed E-state index contributed by atoms with van der Waals surface area (Å²) in [5, 5.41) is 6.32. The molecule has 2 aromatic rings. The molecule has 3 rings (SSSR count). The van der Waals surface area contributed by atoms with E-state index in [0.29, 0.717) is 28.5 Å². The van der Waals surface area contributed by atoms with E-state index in [9.17, 15) is 13.2 Å². The number of sulfone groups is 1. The zero-order valence-electron chi connectivity index (χ0n) is 12.7. The van der Waals surface area contributed by atoms with Crippen LogP contribution in [-0.4, -0.2) is 36.9 Å². The van der Waals surface area contributed by atoms with Gasteiger partial charge in [0.2, 0.25) is 0 Å². The van der Waals surface area contributed by atoms with E-state index in [0.717, 1.165) is 0 Å². The van der Waals surface area contributed by atoms with Crippen molar-refractivity contribution in [3.05, 3.63) is 53.2 Å². The first-order valence-electron chi connectivity index (χ1n) is 7.41. The summed E-state index contributed by atoms with van der Waals surface area (Å²) in [5.41, 5.74) is 1.01. The van der Waals surface area contributed by atoms with E-state index in [1.165, 1.54) is 6.20 Å². The molecular weight excluding hydrogens is 350 g/mol. The smallest absolute Gasteiger partial charge is 0.255 e. The van der Waals surface area contributed by atoms with Gasteiger partial charge in [-0.25, -0.2) is 13.4 Å². The van der Waals surface area contributed by atoms with Gasteiger partial charge in [-0.15, -0.1) is 0 Å². The summed E-state index contributed by atoms with van der Waals surface area (Å²) in [4.78, 5) is 16.3. The summed E-state index contributed by atoms with van der Waals surface area (Å²) in [6.07, 6.45) is 2.10. The Bertz CT molecular complexity index is 853. The Labute approximate surface area is 145 Å². The molecule has 0 aliphatic carbocycles. The number of hydrogen-bond donors (Lipinski definition) is 2. The molecule has 8 heteroatoms. The van der Waals surface area contributed by atoms with Crippen LogP contribution in [0, 0.1) is 0 Å². The van der Waals surface area contributed by atoms with Crippen molar-refractivity contribution in [3.8, 4) is 0 Å². The SMILES string of the molecule is O=C(Nc1ccc(NC2CCS(=O)(=O)C2)nc1)c1cccc(Cl)c1. The van der Waals surface area contributed by atoms with Crippen LogP contribution in [-0.2, 0) is 9.84 Å². The number of hydrogen-bond acceptors (Lipinski definition) is 5. The minimum Gasteiger partial charge on any atom is -0.366 e. The Balaban J connectivity index is 1.61. The van der Waals surface area contributed by atoms with Gasteiger partial charge in [0, 0.05) is 16.6 Å². The normalized spacial score (nSPS) is 19.0. The van der Waals surface area contributed by atoms with E-state index >= 15 is 0 Å². The van der Waals surface area contributed by atoms with Gasteiger partial charge in [-0.3, -0.25) is 4.79 Å². The Kier molecular flexibility index (Phi) is 4.73. The highest BCUT2D eigenvalue weighted by Crippen LogP contribution is 2.18. The van der Waals surface area contributed by atoms with Crippen LogP contribution in [0.1, 0.15) is 16.8 Å². The lowest BCUT2D eigenvalue weighted by atomic mass is 10.2. The minimum absolute atomic E-state index is 0.116. The number of carbonyl (C=O) groups is 1. The third-order valence-corrected chi connectivity index (χ3v) is 5.70. The van der Waals surface area contributed by atoms with Crippen LogP contribution < -0.4 is 10.6 Å². The average molecular weight is 366 g/mol. The standard InChI is InChI=1S/C16H16ClN3O3S/c17-12-3-1-2-11(8-12)16(21)20-13-4-5-15(18-9-13)19-14-6-7-24(22,23)10-14/h1-5,8-9,14H,6-7,10H2,(H,18,19)(H,20,21). The molecular formula is C16H16ClN3O3S. The molecule has 1 aromatic heterocycles. The Morgan fingerprint density at radius 3 is 2.71 bits per heavy atom. The van der Waals surface area contributed by atoms with E-state index in [-0.39, 0.29) is 23.5 Å². The molecule has 2 N–H and O–H groups in total. The lowest BCUT2D eigenvalue weighted by Gasteiger charge is -2.12. The first-order chi connectivity index (χ1) is 11.4. The minimum atomic E-state index is -2.93. The average Bonchev–Trinajstić information content (AvgIpc) is 2.88. The highest BCUT2D eigenvalue weighted by molar-refractivity contribution is 7.91. The number of pyridine rings is 1. The monoisotopic (exact) mass is 365 g/mol. The van der Waals surface area contributed by atoms with E-state index < -0.39 is 9.84 Å². The van der Waals surface area contributed by atoms with E-state index in [4.69, 9.17) is 11.6 Å². The number of benzene rings is 1. The molecule has 1 amide bonds. The van der Waals surface area contributed by atoms with Crippen molar-refractivity contribution in [1.29, 1.82) is 0 Å². The quantitative estimate of drug-likeness (QED) is 0.869. The first kappa shape index (κ1) is 16.7. The fourth-order valence-electron chi connectivity index (χ4n) is 2.50. The number of nitrogens with zero attached hydrogens (tertiary/aromatic N) is 1. The Hall–Kier alpha value is -2.12. The maximum Gasteiger partial charge on any atom is 0.255 e. The fraction of sp³-hybridized carbons (Fsp3) is 0.250. The molecule has 1 saturated heterocycles. The molecule has 0 radical (unpaired) electrons. The molecule has 126 valence electrons. The van der Waals surface area contributed by atoms with Gasteiger partial charge in [0.25, 0.3) is 5.91 Å². The number of nitrogens with one attached hydrogen (secondary N) is 2. The summed E-state index contributed by atoms with van der Waals surface area (Å²) < 4.78 is 22.9. The van der Waals surface area contributed by atoms with Gasteiger partial charge in [-0.2, -0.15) is 0 Å². The van der Waals surface area contributed by atoms with Gasteiger partial charge >= 0.3 is 0 Å². The summed E-state index contributed by atoms with van der Waals surface area (Å²) in [7, 11) is -2.93. The van der Waals surface area contributed by atoms with Crippen molar-refractivity contribution in [2.24, 2.45) is 0 Å². The van der Waals surface area contributed by atoms with Gasteiger partial charge in [0.1, 0.15) is 5.82 Å². The number of anilines is 2. The lowest BCUT2D eigenvalue weighted by Crippen LogP contribution is -2.21. The number of rotatable bonds is 4. The van der Waals surface area contributed by atoms with Crippen LogP contribution in [0.2, 0.25) is 5.02 Å². The van der Waals surface area contributed by atoms with Crippen molar-refractivity contribution >= 4 is 38.9 Å². The van der Waals surface area contributed by atoms with E-state index in [1.54, 1.807) is 36.4 Å². The summed E-state index contributed by atoms with van der Waals surface area (Å²) in [6, 6.07) is 9.96. The Morgan fingerprint density at radius 1 is 1.25 bits per heavy atom. The van der Waals surface area contributed by atoms with Gasteiger partial charge in [0.15, 0.2) is 9.84 Å². The molecule has 1 fully saturated rings. The first-order valence-corrected chi connectivity index (χ1v) is 9.61. The third-order valence-electron chi connectivity index (χ3n) is 3.69. The molecule has 1 aromatic carbocycles. The predicted molar refractivity (Wildman–Crippen MR) is 94.3 cm³/mol. The number of amides is 1. The number of aromatic nitrogens is 1. The van der Waals surface area contributed by atoms with Crippen molar-refractivity contribution in [2.75, 3.05) is 22.1 Å². The van der Waals surface area contributed by atoms with E-state index in [2.05, 4.69) is 15.6 Å². The molecule has 1 aliphatic rings. The Morgan fingerprint density at radius 2 is 2.08 bits per heavy atom. The molecule has 24 heavy (non-hydrogen) atoms. The topological polar surface area (TPSA) is 88.2 Å². The zero-order chi connectivity index (χ0) is 17.2. The van der Waals surface area contributed by atoms with Crippen LogP contribution in [0.5, 0.6) is 0 Å². The van der Waals surface area contributed by atoms with Crippen molar-refractivity contribution < 1.29 is 13.2 Å². The lowest BCUT2D eigenvalue weighted by molar-refractivity contribution is 0.102. The van der Waals surface area contributed by atoms with Gasteiger partial charge in [-0.1, -0.05) is 17.7 Å². The van der Waals surface area contributed by atoms with Crippen LogP contribution in [0.25, 0.3) is 0 Å². The van der Waals surface area contributed by atoms with Crippen LogP contribution in [0.4, 0.5) is 11.5 Å². The third kappa shape index (κ3) is 4.24. The maximum absolute atomic E-state index is 12.1. The molecule has 1 aliphatic heterocycles. The highest BCUT2D eigenvalue weighted by Gasteiger charge is 2.27. The molecule has 0 saturated carbocycles. The predicted octanol–water partition coefficient (Wildman–Crippen LogP) is 2.59. The molecule has 6 nitrogen and oxygen atoms in total. The second kappa shape index (κ2) is 6.78. The largest absolute Gasteiger partial charge is 0.366 e. The highest BCUT2D eigenvalue weighted by atomic mass is 35.5. The van der Waals surface area contributed by atoms with Gasteiger partial charge in [0.05, 0.1) is 23.4 Å². The second-order valence-corrected chi connectivity index (χ2v) is 8.31. The number of carbonyl (C=O) groups excluding carboxylic acids is 1. The molecule has 1 atom stereocenters. The maximum atomic E-state index is 12.1. The van der Waals surface area contributed by atoms with Crippen molar-refractivity contribution in [1.82, 2.24) is 4.98 Å². The summed E-state index contributed by atoms with van der Waals surface area (Å²) >= 11 is 5.87. The summed E-state index contributed by atoms with van der Waals surface area (Å²) in [5.74, 6) is 0.639. The molecule has 0 bridgehead atoms. The molecule has 0 spiro atoms. The van der Waals surface area contributed by atoms with E-state index in [1.807, 2.05) is 0 Å². The van der Waals surface area contributed by atoms with Gasteiger partial charge < -0.3 is 10.6 Å². The summed E-state index contributed by atoms with van der Waals surface area (Å²) in [6.45, 7) is 0. The van der Waals surface area contributed by atoms with Gasteiger partial charge in [-0.05, 0) is 36.8 Å². The van der Waals surface area contributed by atoms with Crippen LogP contribution >= 0.6 is 11.6 Å². The van der Waals surface area contributed by atoms with Crippen molar-refractivity contribution in [3.63, 3.8) is 0 Å². The number of halogens is 1. The second-order valence-electron chi connectivity index (χ2n) is 5.64. The van der Waals surface area contributed by atoms with Crippen LogP contribution in [0.3, 0.4) is 0 Å². The van der Waals surface area contributed by atoms with Crippen molar-refractivity contribution in [2.45, 2.75) is 12.5 Å².